The maximum Gasteiger partial charge on any atom is 0.258 e. The molecule has 1 unspecified atom stereocenters. The van der Waals surface area contributed by atoms with Crippen molar-refractivity contribution in [3.8, 4) is 11.5 Å². The van der Waals surface area contributed by atoms with Gasteiger partial charge in [-0.3, -0.25) is 4.79 Å². The van der Waals surface area contributed by atoms with Crippen molar-refractivity contribution in [1.82, 2.24) is 4.90 Å². The van der Waals surface area contributed by atoms with Crippen LogP contribution in [0.5, 0.6) is 11.5 Å². The highest BCUT2D eigenvalue weighted by atomic mass is 16.7. The van der Waals surface area contributed by atoms with Crippen molar-refractivity contribution in [1.29, 1.82) is 0 Å². The molecule has 118 valence electrons. The normalized spacial score (nSPS) is 19.2. The fourth-order valence-corrected chi connectivity index (χ4v) is 3.40. The van der Waals surface area contributed by atoms with Gasteiger partial charge < -0.3 is 14.4 Å². The number of amides is 1. The van der Waals surface area contributed by atoms with E-state index in [0.29, 0.717) is 17.1 Å². The molecule has 1 saturated heterocycles. The van der Waals surface area contributed by atoms with Crippen molar-refractivity contribution in [2.24, 2.45) is 0 Å². The number of aryl methyl sites for hydroxylation is 1. The Balaban J connectivity index is 1.65. The van der Waals surface area contributed by atoms with E-state index in [1.165, 1.54) is 11.1 Å². The lowest BCUT2D eigenvalue weighted by molar-refractivity contribution is 0.0731. The Labute approximate surface area is 135 Å². The molecule has 4 rings (SSSR count). The Morgan fingerprint density at radius 1 is 1.13 bits per heavy atom. The van der Waals surface area contributed by atoms with Crippen molar-refractivity contribution >= 4 is 5.91 Å². The summed E-state index contributed by atoms with van der Waals surface area (Å²) < 4.78 is 10.9. The Hall–Kier alpha value is -2.49. The fourth-order valence-electron chi connectivity index (χ4n) is 3.40. The van der Waals surface area contributed by atoms with Crippen molar-refractivity contribution < 1.29 is 14.3 Å². The molecule has 0 saturated carbocycles. The summed E-state index contributed by atoms with van der Waals surface area (Å²) in [5.74, 6) is 1.25. The van der Waals surface area contributed by atoms with Crippen LogP contribution in [0, 0.1) is 6.92 Å². The van der Waals surface area contributed by atoms with E-state index in [-0.39, 0.29) is 18.7 Å². The summed E-state index contributed by atoms with van der Waals surface area (Å²) >= 11 is 0. The maximum absolute atomic E-state index is 13.0. The zero-order valence-corrected chi connectivity index (χ0v) is 13.1. The Morgan fingerprint density at radius 2 is 1.96 bits per heavy atom. The molecule has 2 aromatic rings. The third-order valence-electron chi connectivity index (χ3n) is 4.60. The van der Waals surface area contributed by atoms with E-state index in [2.05, 4.69) is 31.2 Å². The molecule has 2 aliphatic rings. The van der Waals surface area contributed by atoms with Gasteiger partial charge >= 0.3 is 0 Å². The number of para-hydroxylation sites is 1. The van der Waals surface area contributed by atoms with Crippen molar-refractivity contribution in [2.75, 3.05) is 13.3 Å². The van der Waals surface area contributed by atoms with Crippen molar-refractivity contribution in [3.05, 3.63) is 59.2 Å². The molecule has 2 aliphatic heterocycles. The van der Waals surface area contributed by atoms with Crippen LogP contribution in [0.15, 0.2) is 42.5 Å². The highest BCUT2D eigenvalue weighted by molar-refractivity contribution is 5.98. The predicted molar refractivity (Wildman–Crippen MR) is 86.8 cm³/mol. The molecule has 4 nitrogen and oxygen atoms in total. The average molecular weight is 309 g/mol. The minimum atomic E-state index is 0.0235. The van der Waals surface area contributed by atoms with Crippen LogP contribution in [0.3, 0.4) is 0 Å². The zero-order chi connectivity index (χ0) is 15.8. The van der Waals surface area contributed by atoms with Crippen molar-refractivity contribution in [3.63, 3.8) is 0 Å². The second kappa shape index (κ2) is 5.61. The Morgan fingerprint density at radius 3 is 2.78 bits per heavy atom. The number of benzene rings is 2. The van der Waals surface area contributed by atoms with E-state index < -0.39 is 0 Å². The monoisotopic (exact) mass is 309 g/mol. The first-order chi connectivity index (χ1) is 11.2. The average Bonchev–Trinajstić information content (AvgIpc) is 3.23. The lowest BCUT2D eigenvalue weighted by Crippen LogP contribution is -2.30. The lowest BCUT2D eigenvalue weighted by Gasteiger charge is -2.25. The van der Waals surface area contributed by atoms with Gasteiger partial charge in [0.1, 0.15) is 0 Å². The van der Waals surface area contributed by atoms with Crippen LogP contribution >= 0.6 is 0 Å². The molecule has 4 heteroatoms. The molecule has 0 spiro atoms. The van der Waals surface area contributed by atoms with Gasteiger partial charge in [-0.25, -0.2) is 0 Å². The number of hydrogen-bond donors (Lipinski definition) is 0. The third kappa shape index (κ3) is 2.44. The van der Waals surface area contributed by atoms with Crippen LogP contribution in [-0.4, -0.2) is 24.1 Å². The van der Waals surface area contributed by atoms with Crippen LogP contribution in [0.1, 0.15) is 40.4 Å². The molecule has 1 fully saturated rings. The number of carbonyl (C=O) groups excluding carboxylic acids is 1. The molecule has 1 amide bonds. The minimum absolute atomic E-state index is 0.0235. The number of carbonyl (C=O) groups is 1. The van der Waals surface area contributed by atoms with E-state index in [1.807, 2.05) is 23.1 Å². The van der Waals surface area contributed by atoms with Crippen LogP contribution in [0.25, 0.3) is 0 Å². The molecule has 0 bridgehead atoms. The number of rotatable bonds is 2. The van der Waals surface area contributed by atoms with Gasteiger partial charge in [-0.15, -0.1) is 0 Å². The van der Waals surface area contributed by atoms with E-state index in [1.54, 1.807) is 0 Å². The van der Waals surface area contributed by atoms with Gasteiger partial charge in [0.2, 0.25) is 6.79 Å². The summed E-state index contributed by atoms with van der Waals surface area (Å²) in [4.78, 5) is 15.0. The van der Waals surface area contributed by atoms with Gasteiger partial charge in [0.25, 0.3) is 5.91 Å². The number of fused-ring (bicyclic) bond motifs is 1. The van der Waals surface area contributed by atoms with E-state index in [0.717, 1.165) is 19.4 Å². The summed E-state index contributed by atoms with van der Waals surface area (Å²) in [5.41, 5.74) is 3.03. The van der Waals surface area contributed by atoms with Gasteiger partial charge in [0.15, 0.2) is 11.5 Å². The Bertz CT molecular complexity index is 739. The largest absolute Gasteiger partial charge is 0.454 e. The summed E-state index contributed by atoms with van der Waals surface area (Å²) in [6.45, 7) is 3.04. The number of nitrogens with zero attached hydrogens (tertiary/aromatic N) is 1. The second-order valence-corrected chi connectivity index (χ2v) is 6.11. The maximum atomic E-state index is 13.0. The molecule has 23 heavy (non-hydrogen) atoms. The molecular formula is C19H19NO3. The summed E-state index contributed by atoms with van der Waals surface area (Å²) in [7, 11) is 0. The highest BCUT2D eigenvalue weighted by Crippen LogP contribution is 2.39. The van der Waals surface area contributed by atoms with E-state index in [4.69, 9.17) is 9.47 Å². The molecule has 0 aromatic heterocycles. The predicted octanol–water partition coefficient (Wildman–Crippen LogP) is 3.70. The van der Waals surface area contributed by atoms with E-state index >= 15 is 0 Å². The highest BCUT2D eigenvalue weighted by Gasteiger charge is 2.33. The third-order valence-corrected chi connectivity index (χ3v) is 4.60. The Kier molecular flexibility index (Phi) is 3.45. The quantitative estimate of drug-likeness (QED) is 0.849. The second-order valence-electron chi connectivity index (χ2n) is 6.11. The number of ether oxygens (including phenoxy) is 2. The summed E-state index contributed by atoms with van der Waals surface area (Å²) in [6, 6.07) is 14.1. The number of hydrogen-bond acceptors (Lipinski definition) is 3. The summed E-state index contributed by atoms with van der Waals surface area (Å²) in [5, 5.41) is 0. The lowest BCUT2D eigenvalue weighted by atomic mass is 10.0. The first kappa shape index (κ1) is 14.1. The van der Waals surface area contributed by atoms with Gasteiger partial charge in [0.05, 0.1) is 11.6 Å². The first-order valence-electron chi connectivity index (χ1n) is 8.00. The molecular weight excluding hydrogens is 290 g/mol. The van der Waals surface area contributed by atoms with Gasteiger partial charge in [-0.1, -0.05) is 35.9 Å². The van der Waals surface area contributed by atoms with E-state index in [9.17, 15) is 4.79 Å². The zero-order valence-electron chi connectivity index (χ0n) is 13.1. The smallest absolute Gasteiger partial charge is 0.258 e. The van der Waals surface area contributed by atoms with Gasteiger partial charge in [-0.2, -0.15) is 0 Å². The molecule has 1 atom stereocenters. The molecule has 0 radical (unpaired) electrons. The molecule has 2 aromatic carbocycles. The summed E-state index contributed by atoms with van der Waals surface area (Å²) in [6.07, 6.45) is 2.03. The van der Waals surface area contributed by atoms with Crippen LogP contribution in [-0.2, 0) is 0 Å². The van der Waals surface area contributed by atoms with Crippen molar-refractivity contribution in [2.45, 2.75) is 25.8 Å². The fraction of sp³-hybridized carbons (Fsp3) is 0.316. The minimum Gasteiger partial charge on any atom is -0.454 e. The van der Waals surface area contributed by atoms with Crippen LogP contribution in [0.4, 0.5) is 0 Å². The van der Waals surface area contributed by atoms with Crippen LogP contribution in [0.2, 0.25) is 0 Å². The SMILES string of the molecule is Cc1ccc(C2CCCN2C(=O)c2cccc3c2OCO3)cc1. The number of likely N-dealkylation sites (tertiary alicyclic amines) is 1. The van der Waals surface area contributed by atoms with Gasteiger partial charge in [0, 0.05) is 6.54 Å². The standard InChI is InChI=1S/C19H19NO3/c1-13-7-9-14(10-8-13)16-5-3-11-20(16)19(21)15-4-2-6-17-18(15)23-12-22-17/h2,4,6-10,16H,3,5,11-12H2,1H3. The van der Waals surface area contributed by atoms with Crippen LogP contribution < -0.4 is 9.47 Å². The topological polar surface area (TPSA) is 38.8 Å². The first-order valence-corrected chi connectivity index (χ1v) is 8.00. The molecule has 2 heterocycles. The molecule has 0 N–H and O–H groups in total. The molecule has 0 aliphatic carbocycles. The van der Waals surface area contributed by atoms with Gasteiger partial charge in [-0.05, 0) is 37.5 Å².